The number of carbonyl (C=O) groups is 4. The highest BCUT2D eigenvalue weighted by atomic mass is 16.6. The molecule has 1 fully saturated rings. The van der Waals surface area contributed by atoms with E-state index in [1.165, 1.54) is 13.0 Å². The van der Waals surface area contributed by atoms with Crippen LogP contribution in [0.1, 0.15) is 51.0 Å². The number of aromatic nitrogens is 1. The lowest BCUT2D eigenvalue weighted by Gasteiger charge is -2.27. The molecule has 0 spiro atoms. The highest BCUT2D eigenvalue weighted by Gasteiger charge is 2.42. The molecule has 0 radical (unpaired) electrons. The summed E-state index contributed by atoms with van der Waals surface area (Å²) in [5, 5.41) is 15.7. The maximum atomic E-state index is 13.4. The largest absolute Gasteiger partial charge is 0.622 e. The molecule has 1 aromatic heterocycles. The van der Waals surface area contributed by atoms with Crippen molar-refractivity contribution in [2.45, 2.75) is 64.7 Å². The third-order valence-electron chi connectivity index (χ3n) is 6.57. The number of amides is 2. The lowest BCUT2D eigenvalue weighted by Crippen LogP contribution is -2.59. The summed E-state index contributed by atoms with van der Waals surface area (Å²) in [6.45, 7) is 6.90. The normalized spacial score (nSPS) is 18.9. The van der Waals surface area contributed by atoms with Gasteiger partial charge in [-0.25, -0.2) is 4.98 Å². The van der Waals surface area contributed by atoms with Crippen LogP contribution < -0.4 is 10.6 Å². The van der Waals surface area contributed by atoms with Crippen molar-refractivity contribution in [3.63, 3.8) is 0 Å². The first-order chi connectivity index (χ1) is 18.9. The Morgan fingerprint density at radius 1 is 1.05 bits per heavy atom. The Bertz CT molecular complexity index is 1170. The van der Waals surface area contributed by atoms with Crippen molar-refractivity contribution in [1.82, 2.24) is 20.5 Å². The van der Waals surface area contributed by atoms with Gasteiger partial charge < -0.3 is 25.0 Å². The van der Waals surface area contributed by atoms with Crippen molar-refractivity contribution < 1.29 is 33.6 Å². The molecule has 1 aromatic carbocycles. The SMILES string of the molecule is CC(C)C[C@H](NC(=O)C(NC(=O)c1cccc(-c2ccccc2)n1)[C@@H](C)O)B1OC(=O)C[C@H](C)N(C)CC(=O)O1. The van der Waals surface area contributed by atoms with Crippen LogP contribution >= 0.6 is 0 Å². The highest BCUT2D eigenvalue weighted by Crippen LogP contribution is 2.17. The second kappa shape index (κ2) is 14.0. The molecule has 0 saturated carbocycles. The number of aliphatic hydroxyl groups excluding tert-OH is 1. The summed E-state index contributed by atoms with van der Waals surface area (Å²) in [4.78, 5) is 57.6. The summed E-state index contributed by atoms with van der Waals surface area (Å²) in [5.74, 6) is -3.48. The fourth-order valence-corrected chi connectivity index (χ4v) is 4.26. The Morgan fingerprint density at radius 3 is 2.38 bits per heavy atom. The van der Waals surface area contributed by atoms with E-state index in [0.29, 0.717) is 12.1 Å². The molecule has 2 heterocycles. The first-order valence-electron chi connectivity index (χ1n) is 13.4. The molecule has 0 bridgehead atoms. The van der Waals surface area contributed by atoms with E-state index in [9.17, 15) is 24.3 Å². The zero-order valence-electron chi connectivity index (χ0n) is 23.5. The highest BCUT2D eigenvalue weighted by molar-refractivity contribution is 6.51. The maximum absolute atomic E-state index is 13.4. The summed E-state index contributed by atoms with van der Waals surface area (Å²) in [5.41, 5.74) is 1.46. The second-order valence-electron chi connectivity index (χ2n) is 10.5. The second-order valence-corrected chi connectivity index (χ2v) is 10.5. The molecular weight excluding hydrogens is 515 g/mol. The van der Waals surface area contributed by atoms with E-state index in [1.54, 1.807) is 31.0 Å². The zero-order valence-corrected chi connectivity index (χ0v) is 23.5. The van der Waals surface area contributed by atoms with E-state index in [0.717, 1.165) is 5.56 Å². The molecule has 1 aliphatic rings. The number of aliphatic hydroxyl groups is 1. The van der Waals surface area contributed by atoms with Gasteiger partial charge >= 0.3 is 13.1 Å². The van der Waals surface area contributed by atoms with Crippen LogP contribution in [0.25, 0.3) is 11.3 Å². The van der Waals surface area contributed by atoms with E-state index in [4.69, 9.17) is 9.31 Å². The average molecular weight is 552 g/mol. The van der Waals surface area contributed by atoms with Gasteiger partial charge in [-0.2, -0.15) is 0 Å². The average Bonchev–Trinajstić information content (AvgIpc) is 2.94. The van der Waals surface area contributed by atoms with Gasteiger partial charge in [0.15, 0.2) is 0 Å². The fourth-order valence-electron chi connectivity index (χ4n) is 4.26. The minimum atomic E-state index is -1.38. The number of benzene rings is 1. The van der Waals surface area contributed by atoms with Crippen molar-refractivity contribution in [3.05, 3.63) is 54.2 Å². The van der Waals surface area contributed by atoms with Crippen molar-refractivity contribution >= 4 is 30.9 Å². The summed E-state index contributed by atoms with van der Waals surface area (Å²) >= 11 is 0. The molecular formula is C28H37BN4O7. The van der Waals surface area contributed by atoms with Crippen molar-refractivity contribution in [3.8, 4) is 11.3 Å². The molecule has 1 unspecified atom stereocenters. The number of nitrogens with zero attached hydrogens (tertiary/aromatic N) is 2. The lowest BCUT2D eigenvalue weighted by atomic mass is 9.73. The first-order valence-corrected chi connectivity index (χ1v) is 13.4. The van der Waals surface area contributed by atoms with E-state index in [2.05, 4.69) is 15.6 Å². The van der Waals surface area contributed by atoms with Crippen LogP contribution in [0.4, 0.5) is 0 Å². The third-order valence-corrected chi connectivity index (χ3v) is 6.57. The number of hydrogen-bond acceptors (Lipinski definition) is 9. The number of pyridine rings is 1. The summed E-state index contributed by atoms with van der Waals surface area (Å²) < 4.78 is 11.0. The zero-order chi connectivity index (χ0) is 29.4. The molecule has 12 heteroatoms. The van der Waals surface area contributed by atoms with Crippen LogP contribution in [0.2, 0.25) is 0 Å². The maximum Gasteiger partial charge on any atom is 0.622 e. The van der Waals surface area contributed by atoms with E-state index < -0.39 is 49.0 Å². The van der Waals surface area contributed by atoms with Gasteiger partial charge in [0, 0.05) is 11.6 Å². The summed E-state index contributed by atoms with van der Waals surface area (Å²) in [6, 6.07) is 12.7. The van der Waals surface area contributed by atoms with Crippen LogP contribution in [0.15, 0.2) is 48.5 Å². The predicted octanol–water partition coefficient (Wildman–Crippen LogP) is 1.60. The van der Waals surface area contributed by atoms with Gasteiger partial charge in [-0.05, 0) is 45.4 Å². The molecule has 11 nitrogen and oxygen atoms in total. The number of likely N-dealkylation sites (N-methyl/N-ethyl adjacent to an activating group) is 1. The Morgan fingerprint density at radius 2 is 1.73 bits per heavy atom. The molecule has 3 rings (SSSR count). The Labute approximate surface area is 234 Å². The molecule has 2 aromatic rings. The van der Waals surface area contributed by atoms with E-state index in [1.807, 2.05) is 44.2 Å². The monoisotopic (exact) mass is 552 g/mol. The number of rotatable bonds is 9. The summed E-state index contributed by atoms with van der Waals surface area (Å²) in [6.07, 6.45) is -0.947. The van der Waals surface area contributed by atoms with Crippen LogP contribution in [0, 0.1) is 5.92 Å². The van der Waals surface area contributed by atoms with Crippen molar-refractivity contribution in [1.29, 1.82) is 0 Å². The summed E-state index contributed by atoms with van der Waals surface area (Å²) in [7, 11) is 0.326. The Balaban J connectivity index is 1.78. The third kappa shape index (κ3) is 8.62. The molecule has 4 atom stereocenters. The van der Waals surface area contributed by atoms with E-state index >= 15 is 0 Å². The smallest absolute Gasteiger partial charge is 0.498 e. The van der Waals surface area contributed by atoms with Crippen LogP contribution in [0.3, 0.4) is 0 Å². The topological polar surface area (TPSA) is 147 Å². The predicted molar refractivity (Wildman–Crippen MR) is 149 cm³/mol. The molecule has 214 valence electrons. The van der Waals surface area contributed by atoms with Gasteiger partial charge in [0.2, 0.25) is 5.91 Å². The quantitative estimate of drug-likeness (QED) is 0.395. The molecule has 3 N–H and O–H groups in total. The van der Waals surface area contributed by atoms with Crippen molar-refractivity contribution in [2.24, 2.45) is 5.92 Å². The molecule has 40 heavy (non-hydrogen) atoms. The van der Waals surface area contributed by atoms with Gasteiger partial charge in [-0.1, -0.05) is 50.2 Å². The Hall–Kier alpha value is -3.77. The number of hydrogen-bond donors (Lipinski definition) is 3. The molecule has 0 aliphatic carbocycles. The minimum Gasteiger partial charge on any atom is -0.498 e. The number of carbonyl (C=O) groups excluding carboxylic acids is 4. The fraction of sp³-hybridized carbons (Fsp3) is 0.464. The van der Waals surface area contributed by atoms with Gasteiger partial charge in [-0.15, -0.1) is 0 Å². The molecule has 2 amide bonds. The first kappa shape index (κ1) is 30.8. The standard InChI is InChI=1S/C28H37BN4O7/c1-17(2)14-23(29-39-24(35)15-18(3)33(5)16-25(36)40-29)31-28(38)26(19(4)34)32-27(37)22-13-9-12-21(30-22)20-10-7-6-8-11-20/h6-13,17-19,23,26,34H,14-16H2,1-5H3,(H,31,38)(H,32,37)/t18-,19+,23-,26?/m0/s1. The number of nitrogens with one attached hydrogen (secondary N) is 2. The minimum absolute atomic E-state index is 0.0152. The van der Waals surface area contributed by atoms with Gasteiger partial charge in [0.05, 0.1) is 30.7 Å². The van der Waals surface area contributed by atoms with Crippen LogP contribution in [0.5, 0.6) is 0 Å². The van der Waals surface area contributed by atoms with Crippen LogP contribution in [-0.4, -0.2) is 83.6 Å². The molecule has 1 aliphatic heterocycles. The molecule has 1 saturated heterocycles. The van der Waals surface area contributed by atoms with Gasteiger partial charge in [-0.3, -0.25) is 24.1 Å². The Kier molecular flexibility index (Phi) is 10.8. The van der Waals surface area contributed by atoms with Crippen LogP contribution in [-0.2, 0) is 23.7 Å². The van der Waals surface area contributed by atoms with Gasteiger partial charge in [0.1, 0.15) is 11.7 Å². The lowest BCUT2D eigenvalue weighted by molar-refractivity contribution is -0.140. The van der Waals surface area contributed by atoms with Crippen molar-refractivity contribution in [2.75, 3.05) is 13.6 Å². The van der Waals surface area contributed by atoms with E-state index in [-0.39, 0.29) is 30.6 Å². The van der Waals surface area contributed by atoms with Gasteiger partial charge in [0.25, 0.3) is 11.9 Å².